The van der Waals surface area contributed by atoms with E-state index < -0.39 is 0 Å². The van der Waals surface area contributed by atoms with Crippen LogP contribution in [0.3, 0.4) is 0 Å². The number of ether oxygens (including phenoxy) is 1. The summed E-state index contributed by atoms with van der Waals surface area (Å²) < 4.78 is 16.2. The highest BCUT2D eigenvalue weighted by atomic mass is 16.5. The Kier molecular flexibility index (Phi) is 4.42. The lowest BCUT2D eigenvalue weighted by Crippen LogP contribution is -2.22. The van der Waals surface area contributed by atoms with E-state index in [4.69, 9.17) is 13.6 Å². The summed E-state index contributed by atoms with van der Waals surface area (Å²) in [6.07, 6.45) is 3.19. The van der Waals surface area contributed by atoms with Gasteiger partial charge in [0.15, 0.2) is 0 Å². The number of benzene rings is 2. The van der Waals surface area contributed by atoms with Crippen LogP contribution >= 0.6 is 0 Å². The molecular weight excluding hydrogens is 342 g/mol. The standard InChI is InChI=1S/C22H19NO4/c1-14-12-15(25-2)5-6-17(14)18-7-8-20(21-19(18)9-11-27-21)22(24)23-13-16-4-3-10-26-16/h3-12H,13H2,1-2H3,(H,23,24). The van der Waals surface area contributed by atoms with Gasteiger partial charge >= 0.3 is 0 Å². The second kappa shape index (κ2) is 7.03. The monoisotopic (exact) mass is 361 g/mol. The summed E-state index contributed by atoms with van der Waals surface area (Å²) in [6.45, 7) is 2.36. The zero-order valence-electron chi connectivity index (χ0n) is 15.1. The molecule has 4 aromatic rings. The van der Waals surface area contributed by atoms with Crippen molar-refractivity contribution >= 4 is 16.9 Å². The molecule has 0 aliphatic rings. The zero-order chi connectivity index (χ0) is 18.8. The fraction of sp³-hybridized carbons (Fsp3) is 0.136. The number of amides is 1. The SMILES string of the molecule is COc1ccc(-c2ccc(C(=O)NCc3ccco3)c3occc23)c(C)c1. The largest absolute Gasteiger partial charge is 0.497 e. The zero-order valence-corrected chi connectivity index (χ0v) is 15.1. The molecule has 0 aliphatic carbocycles. The second-order valence-corrected chi connectivity index (χ2v) is 6.27. The predicted octanol–water partition coefficient (Wildman–Crippen LogP) is 4.94. The average Bonchev–Trinajstić information content (AvgIpc) is 3.37. The maximum atomic E-state index is 12.6. The molecule has 0 fully saturated rings. The first-order valence-electron chi connectivity index (χ1n) is 8.63. The maximum Gasteiger partial charge on any atom is 0.255 e. The molecule has 27 heavy (non-hydrogen) atoms. The van der Waals surface area contributed by atoms with Crippen molar-refractivity contribution in [1.82, 2.24) is 5.32 Å². The molecule has 4 rings (SSSR count). The summed E-state index contributed by atoms with van der Waals surface area (Å²) >= 11 is 0. The number of furan rings is 2. The van der Waals surface area contributed by atoms with Crippen LogP contribution < -0.4 is 10.1 Å². The third-order valence-corrected chi connectivity index (χ3v) is 4.59. The molecule has 1 N–H and O–H groups in total. The van der Waals surface area contributed by atoms with Gasteiger partial charge in [0.25, 0.3) is 5.91 Å². The summed E-state index contributed by atoms with van der Waals surface area (Å²) in [4.78, 5) is 12.6. The van der Waals surface area contributed by atoms with Crippen molar-refractivity contribution in [2.45, 2.75) is 13.5 Å². The first kappa shape index (κ1) is 17.0. The average molecular weight is 361 g/mol. The van der Waals surface area contributed by atoms with E-state index in [9.17, 15) is 4.79 Å². The molecule has 2 heterocycles. The highest BCUT2D eigenvalue weighted by molar-refractivity contribution is 6.09. The number of methoxy groups -OCH3 is 1. The normalized spacial score (nSPS) is 10.9. The Bertz CT molecular complexity index is 1090. The van der Waals surface area contributed by atoms with E-state index >= 15 is 0 Å². The van der Waals surface area contributed by atoms with E-state index in [0.29, 0.717) is 23.5 Å². The Hall–Kier alpha value is -3.47. The highest BCUT2D eigenvalue weighted by Crippen LogP contribution is 2.34. The van der Waals surface area contributed by atoms with Crippen molar-refractivity contribution < 1.29 is 18.4 Å². The minimum atomic E-state index is -0.204. The number of carbonyl (C=O) groups excluding carboxylic acids is 1. The molecule has 0 radical (unpaired) electrons. The van der Waals surface area contributed by atoms with Crippen molar-refractivity contribution in [3.8, 4) is 16.9 Å². The summed E-state index contributed by atoms with van der Waals surface area (Å²) in [7, 11) is 1.65. The van der Waals surface area contributed by atoms with E-state index in [1.807, 2.05) is 43.3 Å². The number of hydrogen-bond donors (Lipinski definition) is 1. The maximum absolute atomic E-state index is 12.6. The van der Waals surface area contributed by atoms with Crippen LogP contribution in [0.2, 0.25) is 0 Å². The Morgan fingerprint density at radius 3 is 2.63 bits per heavy atom. The van der Waals surface area contributed by atoms with Crippen LogP contribution in [0.4, 0.5) is 0 Å². The van der Waals surface area contributed by atoms with Gasteiger partial charge in [-0.1, -0.05) is 12.1 Å². The first-order chi connectivity index (χ1) is 13.2. The Labute approximate surface area is 156 Å². The van der Waals surface area contributed by atoms with Gasteiger partial charge in [0.1, 0.15) is 17.1 Å². The lowest BCUT2D eigenvalue weighted by atomic mass is 9.95. The van der Waals surface area contributed by atoms with Crippen molar-refractivity contribution in [3.63, 3.8) is 0 Å². The van der Waals surface area contributed by atoms with Crippen molar-refractivity contribution in [2.24, 2.45) is 0 Å². The van der Waals surface area contributed by atoms with Crippen LogP contribution in [-0.2, 0) is 6.54 Å². The molecule has 2 aromatic carbocycles. The van der Waals surface area contributed by atoms with Gasteiger partial charge in [-0.15, -0.1) is 0 Å². The highest BCUT2D eigenvalue weighted by Gasteiger charge is 2.17. The predicted molar refractivity (Wildman–Crippen MR) is 103 cm³/mol. The quantitative estimate of drug-likeness (QED) is 0.547. The molecule has 0 saturated carbocycles. The van der Waals surface area contributed by atoms with E-state index in [1.54, 1.807) is 31.8 Å². The van der Waals surface area contributed by atoms with Crippen LogP contribution in [0.5, 0.6) is 5.75 Å². The molecule has 5 heteroatoms. The van der Waals surface area contributed by atoms with Gasteiger partial charge in [-0.3, -0.25) is 4.79 Å². The minimum Gasteiger partial charge on any atom is -0.497 e. The smallest absolute Gasteiger partial charge is 0.255 e. The molecular formula is C22H19NO4. The van der Waals surface area contributed by atoms with E-state index in [1.165, 1.54) is 0 Å². The molecule has 5 nitrogen and oxygen atoms in total. The van der Waals surface area contributed by atoms with Gasteiger partial charge in [0, 0.05) is 5.39 Å². The topological polar surface area (TPSA) is 64.6 Å². The summed E-state index contributed by atoms with van der Waals surface area (Å²) in [6, 6.07) is 15.2. The molecule has 0 aliphatic heterocycles. The van der Waals surface area contributed by atoms with Gasteiger partial charge in [0.2, 0.25) is 0 Å². The van der Waals surface area contributed by atoms with Gasteiger partial charge in [-0.05, 0) is 60.0 Å². The Morgan fingerprint density at radius 2 is 1.89 bits per heavy atom. The number of rotatable bonds is 5. The van der Waals surface area contributed by atoms with Crippen LogP contribution in [-0.4, -0.2) is 13.0 Å². The van der Waals surface area contributed by atoms with Gasteiger partial charge in [0.05, 0.1) is 31.7 Å². The first-order valence-corrected chi connectivity index (χ1v) is 8.63. The number of nitrogens with one attached hydrogen (secondary N) is 1. The fourth-order valence-electron chi connectivity index (χ4n) is 3.22. The fourth-order valence-corrected chi connectivity index (χ4v) is 3.22. The summed E-state index contributed by atoms with van der Waals surface area (Å²) in [5, 5.41) is 3.76. The summed E-state index contributed by atoms with van der Waals surface area (Å²) in [5.74, 6) is 1.31. The number of fused-ring (bicyclic) bond motifs is 1. The molecule has 0 unspecified atom stereocenters. The second-order valence-electron chi connectivity index (χ2n) is 6.27. The molecule has 0 bridgehead atoms. The van der Waals surface area contributed by atoms with Crippen molar-refractivity contribution in [3.05, 3.63) is 77.9 Å². The number of hydrogen-bond acceptors (Lipinski definition) is 4. The summed E-state index contributed by atoms with van der Waals surface area (Å²) in [5.41, 5.74) is 4.24. The number of carbonyl (C=O) groups is 1. The third kappa shape index (κ3) is 3.19. The molecule has 2 aromatic heterocycles. The van der Waals surface area contributed by atoms with Crippen LogP contribution in [0.15, 0.2) is 69.9 Å². The third-order valence-electron chi connectivity index (χ3n) is 4.59. The molecule has 0 spiro atoms. The van der Waals surface area contributed by atoms with E-state index in [2.05, 4.69) is 5.32 Å². The van der Waals surface area contributed by atoms with E-state index in [-0.39, 0.29) is 5.91 Å². The van der Waals surface area contributed by atoms with Gasteiger partial charge in [-0.2, -0.15) is 0 Å². The molecule has 0 atom stereocenters. The lowest BCUT2D eigenvalue weighted by molar-refractivity contribution is 0.0948. The van der Waals surface area contributed by atoms with Crippen LogP contribution in [0, 0.1) is 6.92 Å². The Balaban J connectivity index is 1.69. The van der Waals surface area contributed by atoms with Crippen LogP contribution in [0.1, 0.15) is 21.7 Å². The lowest BCUT2D eigenvalue weighted by Gasteiger charge is -2.11. The van der Waals surface area contributed by atoms with Gasteiger partial charge < -0.3 is 18.9 Å². The molecule has 0 saturated heterocycles. The Morgan fingerprint density at radius 1 is 1.04 bits per heavy atom. The molecule has 1 amide bonds. The van der Waals surface area contributed by atoms with Crippen molar-refractivity contribution in [1.29, 1.82) is 0 Å². The van der Waals surface area contributed by atoms with E-state index in [0.717, 1.165) is 27.8 Å². The van der Waals surface area contributed by atoms with Crippen molar-refractivity contribution in [2.75, 3.05) is 7.11 Å². The number of aryl methyl sites for hydroxylation is 1. The molecule has 136 valence electrons. The minimum absolute atomic E-state index is 0.204. The van der Waals surface area contributed by atoms with Gasteiger partial charge in [-0.25, -0.2) is 0 Å². The van der Waals surface area contributed by atoms with Crippen LogP contribution in [0.25, 0.3) is 22.1 Å².